The first kappa shape index (κ1) is 31.0. The number of benzodiazepines with no additional fused rings is 1. The zero-order valence-electron chi connectivity index (χ0n) is 23.4. The molecule has 2 N–H and O–H groups in total. The fraction of sp³-hybridized carbons (Fsp3) is 0.357. The number of rotatable bonds is 9. The summed E-state index contributed by atoms with van der Waals surface area (Å²) in [7, 11) is -0.998. The third-order valence-electron chi connectivity index (χ3n) is 5.86. The maximum Gasteiger partial charge on any atom is 0.386 e. The minimum absolute atomic E-state index is 0.112. The van der Waals surface area contributed by atoms with Crippen LogP contribution in [-0.2, 0) is 21.5 Å². The van der Waals surface area contributed by atoms with Crippen LogP contribution in [0.5, 0.6) is 5.88 Å². The molecule has 2 heterocycles. The molecule has 10 nitrogen and oxygen atoms in total. The van der Waals surface area contributed by atoms with Crippen LogP contribution >= 0.6 is 11.6 Å². The third kappa shape index (κ3) is 8.23. The van der Waals surface area contributed by atoms with Crippen molar-refractivity contribution in [3.05, 3.63) is 75.9 Å². The Labute approximate surface area is 241 Å². The zero-order chi connectivity index (χ0) is 29.3. The third-order valence-corrected chi connectivity index (χ3v) is 7.36. The number of carbonyl (C=O) groups is 1. The zero-order valence-corrected chi connectivity index (χ0v) is 24.9. The molecule has 0 aliphatic carbocycles. The number of fused-ring (bicyclic) bond motifs is 1. The van der Waals surface area contributed by atoms with Gasteiger partial charge in [-0.3, -0.25) is 9.79 Å². The van der Waals surface area contributed by atoms with Gasteiger partial charge in [-0.2, -0.15) is 17.7 Å². The normalized spacial score (nSPS) is 12.9. The number of aromatic nitrogens is 2. The molecule has 0 spiro atoms. The van der Waals surface area contributed by atoms with E-state index in [4.69, 9.17) is 15.8 Å². The van der Waals surface area contributed by atoms with Crippen molar-refractivity contribution in [3.8, 4) is 5.88 Å². The molecule has 1 aliphatic rings. The predicted octanol–water partition coefficient (Wildman–Crippen LogP) is 4.87. The van der Waals surface area contributed by atoms with Gasteiger partial charge in [0.05, 0.1) is 11.4 Å². The van der Waals surface area contributed by atoms with Crippen molar-refractivity contribution in [2.24, 2.45) is 4.99 Å². The van der Waals surface area contributed by atoms with Crippen molar-refractivity contribution in [2.75, 3.05) is 37.8 Å². The molecule has 0 saturated carbocycles. The monoisotopic (exact) mass is 586 g/mol. The second kappa shape index (κ2) is 14.2. The van der Waals surface area contributed by atoms with E-state index in [0.717, 1.165) is 50.9 Å². The summed E-state index contributed by atoms with van der Waals surface area (Å²) in [5.74, 6) is 0.370. The molecule has 1 aromatic heterocycles. The Morgan fingerprint density at radius 1 is 1.10 bits per heavy atom. The summed E-state index contributed by atoms with van der Waals surface area (Å²) >= 11 is 6.05. The maximum atomic E-state index is 11.9. The molecule has 0 bridgehead atoms. The van der Waals surface area contributed by atoms with Crippen molar-refractivity contribution < 1.29 is 17.4 Å². The number of halogens is 1. The van der Waals surface area contributed by atoms with Crippen LogP contribution in [0.1, 0.15) is 49.1 Å². The molecular formula is C28H35ClN6O4S. The van der Waals surface area contributed by atoms with Crippen LogP contribution in [0.3, 0.4) is 0 Å². The summed E-state index contributed by atoms with van der Waals surface area (Å²) in [5, 5.41) is 6.44. The largest absolute Gasteiger partial charge is 0.386 e. The lowest BCUT2D eigenvalue weighted by atomic mass is 10.0. The van der Waals surface area contributed by atoms with Crippen LogP contribution in [0.15, 0.2) is 53.5 Å². The number of unbranched alkanes of at least 4 members (excludes halogenated alkanes) is 1. The Hall–Kier alpha value is -3.54. The molecular weight excluding hydrogens is 552 g/mol. The fourth-order valence-electron chi connectivity index (χ4n) is 3.78. The first-order valence-corrected chi connectivity index (χ1v) is 14.7. The van der Waals surface area contributed by atoms with Crippen LogP contribution < -0.4 is 14.8 Å². The van der Waals surface area contributed by atoms with Gasteiger partial charge in [-0.15, -0.1) is 0 Å². The van der Waals surface area contributed by atoms with Crippen molar-refractivity contribution in [2.45, 2.75) is 40.0 Å². The van der Waals surface area contributed by atoms with E-state index < -0.39 is 10.3 Å². The van der Waals surface area contributed by atoms with Gasteiger partial charge in [0.15, 0.2) is 0 Å². The fourth-order valence-corrected chi connectivity index (χ4v) is 4.44. The molecule has 4 rings (SSSR count). The second-order valence-corrected chi connectivity index (χ2v) is 11.3. The number of nitrogens with zero attached hydrogens (tertiary/aromatic N) is 4. The lowest BCUT2D eigenvalue weighted by Gasteiger charge is -2.16. The standard InChI is InChI=1S/C15H11ClN2O.C13H24N4O3S/c16-11-6-7-13-12(8-11)15(17-9-14(19)18-13)10-4-2-1-3-5-10;1-6-8-9-11-10(3)15-13(14-7-2)16-12(11)20-21(18,19)17(4)5/h1-8H,9H2,(H,18,19);6-9H2,1-5H3,(H,14,15,16). The number of benzene rings is 2. The van der Waals surface area contributed by atoms with Crippen LogP contribution in [0, 0.1) is 6.92 Å². The van der Waals surface area contributed by atoms with E-state index >= 15 is 0 Å². The minimum atomic E-state index is -3.83. The van der Waals surface area contributed by atoms with Crippen LogP contribution in [-0.4, -0.2) is 61.5 Å². The molecule has 1 aliphatic heterocycles. The Balaban J connectivity index is 0.000000221. The number of nitrogens with one attached hydrogen (secondary N) is 2. The second-order valence-electron chi connectivity index (χ2n) is 9.14. The van der Waals surface area contributed by atoms with Gasteiger partial charge in [0, 0.05) is 48.0 Å². The number of hydrogen-bond acceptors (Lipinski definition) is 8. The molecule has 40 heavy (non-hydrogen) atoms. The number of carbonyl (C=O) groups excluding carboxylic acids is 1. The summed E-state index contributed by atoms with van der Waals surface area (Å²) in [6.45, 7) is 6.59. The number of hydrogen-bond donors (Lipinski definition) is 2. The molecule has 0 atom stereocenters. The van der Waals surface area contributed by atoms with Crippen LogP contribution in [0.25, 0.3) is 0 Å². The molecule has 2 aromatic carbocycles. The van der Waals surface area contributed by atoms with Crippen LogP contribution in [0.4, 0.5) is 11.6 Å². The van der Waals surface area contributed by atoms with Gasteiger partial charge in [-0.1, -0.05) is 55.3 Å². The van der Waals surface area contributed by atoms with Gasteiger partial charge < -0.3 is 14.8 Å². The van der Waals surface area contributed by atoms with Crippen molar-refractivity contribution in [3.63, 3.8) is 0 Å². The molecule has 1 amide bonds. The summed E-state index contributed by atoms with van der Waals surface area (Å²) in [5.41, 5.74) is 4.83. The minimum Gasteiger partial charge on any atom is -0.354 e. The maximum absolute atomic E-state index is 11.9. The summed E-state index contributed by atoms with van der Waals surface area (Å²) in [4.78, 5) is 24.6. The molecule has 214 valence electrons. The highest BCUT2D eigenvalue weighted by atomic mass is 35.5. The Morgan fingerprint density at radius 3 is 2.48 bits per heavy atom. The number of amides is 1. The lowest BCUT2D eigenvalue weighted by molar-refractivity contribution is -0.114. The SMILES string of the molecule is CCCCc1c(C)nc(NCC)nc1OS(=O)(=O)N(C)C.O=C1CN=C(c2ccccc2)c2cc(Cl)ccc2N1. The molecule has 3 aromatic rings. The van der Waals surface area contributed by atoms with E-state index in [9.17, 15) is 13.2 Å². The van der Waals surface area contributed by atoms with E-state index in [1.807, 2.05) is 50.2 Å². The van der Waals surface area contributed by atoms with Gasteiger partial charge in [0.25, 0.3) is 0 Å². The quantitative estimate of drug-likeness (QED) is 0.366. The number of aryl methyl sites for hydroxylation is 1. The highest BCUT2D eigenvalue weighted by Gasteiger charge is 2.22. The number of anilines is 2. The first-order valence-electron chi connectivity index (χ1n) is 13.0. The molecule has 12 heteroatoms. The molecule has 0 radical (unpaired) electrons. The van der Waals surface area contributed by atoms with Crippen molar-refractivity contribution in [1.82, 2.24) is 14.3 Å². The lowest BCUT2D eigenvalue weighted by Crippen LogP contribution is -2.28. The highest BCUT2D eigenvalue weighted by Crippen LogP contribution is 2.26. The summed E-state index contributed by atoms with van der Waals surface area (Å²) < 4.78 is 30.0. The summed E-state index contributed by atoms with van der Waals surface area (Å²) in [6, 6.07) is 15.2. The first-order chi connectivity index (χ1) is 19.1. The van der Waals surface area contributed by atoms with Gasteiger partial charge in [0.2, 0.25) is 17.7 Å². The van der Waals surface area contributed by atoms with E-state index in [1.54, 1.807) is 12.1 Å². The van der Waals surface area contributed by atoms with Gasteiger partial charge in [-0.05, 0) is 44.9 Å². The van der Waals surface area contributed by atoms with Gasteiger partial charge in [0.1, 0.15) is 6.54 Å². The van der Waals surface area contributed by atoms with Crippen molar-refractivity contribution in [1.29, 1.82) is 0 Å². The van der Waals surface area contributed by atoms with Gasteiger partial charge in [-0.25, -0.2) is 4.98 Å². The van der Waals surface area contributed by atoms with Crippen LogP contribution in [0.2, 0.25) is 5.02 Å². The Morgan fingerprint density at radius 2 is 1.82 bits per heavy atom. The molecule has 0 saturated heterocycles. The smallest absolute Gasteiger partial charge is 0.354 e. The highest BCUT2D eigenvalue weighted by molar-refractivity contribution is 7.84. The summed E-state index contributed by atoms with van der Waals surface area (Å²) in [6.07, 6.45) is 2.60. The topological polar surface area (TPSA) is 126 Å². The van der Waals surface area contributed by atoms with Gasteiger partial charge >= 0.3 is 10.3 Å². The number of aliphatic imine (C=N–C) groups is 1. The van der Waals surface area contributed by atoms with E-state index in [2.05, 4.69) is 32.5 Å². The average Bonchev–Trinajstić information content (AvgIpc) is 3.07. The predicted molar refractivity (Wildman–Crippen MR) is 160 cm³/mol. The average molecular weight is 587 g/mol. The molecule has 0 fully saturated rings. The van der Waals surface area contributed by atoms with E-state index in [0.29, 0.717) is 23.9 Å². The van der Waals surface area contributed by atoms with E-state index in [-0.39, 0.29) is 18.3 Å². The molecule has 0 unspecified atom stereocenters. The van der Waals surface area contributed by atoms with E-state index in [1.165, 1.54) is 14.1 Å². The Kier molecular flexibility index (Phi) is 11.0. The van der Waals surface area contributed by atoms with Crippen molar-refractivity contribution >= 4 is 45.2 Å². The Bertz CT molecular complexity index is 1460.